The van der Waals surface area contributed by atoms with E-state index in [1.165, 1.54) is 11.3 Å². The van der Waals surface area contributed by atoms with Crippen LogP contribution in [0.5, 0.6) is 0 Å². The zero-order valence-electron chi connectivity index (χ0n) is 14.9. The van der Waals surface area contributed by atoms with Crippen LogP contribution in [0.4, 0.5) is 5.69 Å². The predicted molar refractivity (Wildman–Crippen MR) is 96.2 cm³/mol. The number of para-hydroxylation sites is 1. The third-order valence-corrected chi connectivity index (χ3v) is 5.21. The average molecular weight is 331 g/mol. The lowest BCUT2D eigenvalue weighted by Crippen LogP contribution is -2.49. The molecule has 0 radical (unpaired) electrons. The van der Waals surface area contributed by atoms with E-state index in [0.717, 1.165) is 52.2 Å². The van der Waals surface area contributed by atoms with Crippen LogP contribution in [0.15, 0.2) is 24.3 Å². The molecule has 2 heterocycles. The number of benzene rings is 1. The number of anilines is 1. The molecule has 1 atom stereocenters. The van der Waals surface area contributed by atoms with E-state index in [0.29, 0.717) is 6.54 Å². The smallest absolute Gasteiger partial charge is 0.229 e. The maximum absolute atomic E-state index is 13.0. The fourth-order valence-electron chi connectivity index (χ4n) is 3.78. The number of carbonyl (C=O) groups is 1. The van der Waals surface area contributed by atoms with Crippen molar-refractivity contribution in [3.63, 3.8) is 0 Å². The highest BCUT2D eigenvalue weighted by Gasteiger charge is 2.36. The molecule has 1 aromatic carbocycles. The molecule has 2 saturated heterocycles. The number of hydrogen-bond acceptors (Lipinski definition) is 4. The van der Waals surface area contributed by atoms with Gasteiger partial charge < -0.3 is 19.9 Å². The molecule has 132 valence electrons. The van der Waals surface area contributed by atoms with Gasteiger partial charge in [0.05, 0.1) is 18.6 Å². The highest BCUT2D eigenvalue weighted by Crippen LogP contribution is 2.29. The van der Waals surface area contributed by atoms with Crippen molar-refractivity contribution in [3.05, 3.63) is 29.8 Å². The molecule has 0 aromatic heterocycles. The lowest BCUT2D eigenvalue weighted by Gasteiger charge is -2.37. The Morgan fingerprint density at radius 1 is 1.33 bits per heavy atom. The van der Waals surface area contributed by atoms with Gasteiger partial charge in [0, 0.05) is 38.9 Å². The van der Waals surface area contributed by atoms with Gasteiger partial charge in [-0.1, -0.05) is 18.2 Å². The Morgan fingerprint density at radius 3 is 2.79 bits per heavy atom. The lowest BCUT2D eigenvalue weighted by molar-refractivity contribution is -0.141. The molecule has 3 rings (SSSR count). The van der Waals surface area contributed by atoms with E-state index < -0.39 is 0 Å². The number of morpholine rings is 1. The molecule has 2 aliphatic heterocycles. The van der Waals surface area contributed by atoms with Gasteiger partial charge in [0.15, 0.2) is 0 Å². The molecule has 24 heavy (non-hydrogen) atoms. The number of piperidine rings is 1. The van der Waals surface area contributed by atoms with Gasteiger partial charge in [-0.3, -0.25) is 4.79 Å². The fraction of sp³-hybridized carbons (Fsp3) is 0.632. The van der Waals surface area contributed by atoms with Crippen molar-refractivity contribution in [2.75, 3.05) is 51.3 Å². The van der Waals surface area contributed by atoms with Crippen molar-refractivity contribution in [3.8, 4) is 0 Å². The first-order valence-corrected chi connectivity index (χ1v) is 8.97. The van der Waals surface area contributed by atoms with Crippen molar-refractivity contribution in [2.45, 2.75) is 26.3 Å². The van der Waals surface area contributed by atoms with Crippen LogP contribution >= 0.6 is 0 Å². The third-order valence-electron chi connectivity index (χ3n) is 5.21. The molecule has 5 heteroatoms. The minimum Gasteiger partial charge on any atom is -0.378 e. The molecule has 1 aromatic rings. The average Bonchev–Trinajstić information content (AvgIpc) is 2.63. The largest absolute Gasteiger partial charge is 0.378 e. The molecular formula is C19H29N3O2. The van der Waals surface area contributed by atoms with Crippen molar-refractivity contribution in [1.82, 2.24) is 10.2 Å². The van der Waals surface area contributed by atoms with Gasteiger partial charge >= 0.3 is 0 Å². The molecular weight excluding hydrogens is 302 g/mol. The Labute approximate surface area is 145 Å². The van der Waals surface area contributed by atoms with Gasteiger partial charge in [-0.2, -0.15) is 0 Å². The molecule has 2 fully saturated rings. The second kappa shape index (κ2) is 7.53. The van der Waals surface area contributed by atoms with E-state index >= 15 is 0 Å². The molecule has 0 saturated carbocycles. The van der Waals surface area contributed by atoms with E-state index in [4.69, 9.17) is 4.74 Å². The van der Waals surface area contributed by atoms with Crippen LogP contribution in [-0.4, -0.2) is 57.2 Å². The molecule has 1 amide bonds. The van der Waals surface area contributed by atoms with Crippen molar-refractivity contribution < 1.29 is 9.53 Å². The summed E-state index contributed by atoms with van der Waals surface area (Å²) in [7, 11) is 1.93. The van der Waals surface area contributed by atoms with Crippen LogP contribution in [0.25, 0.3) is 0 Å². The van der Waals surface area contributed by atoms with Crippen LogP contribution in [0.1, 0.15) is 25.3 Å². The first kappa shape index (κ1) is 17.2. The van der Waals surface area contributed by atoms with Crippen molar-refractivity contribution in [2.24, 2.45) is 5.41 Å². The summed E-state index contributed by atoms with van der Waals surface area (Å²) < 4.78 is 5.46. The number of rotatable bonds is 4. The zero-order valence-corrected chi connectivity index (χ0v) is 14.9. The molecule has 2 aliphatic rings. The lowest BCUT2D eigenvalue weighted by atomic mass is 9.81. The van der Waals surface area contributed by atoms with Crippen LogP contribution < -0.4 is 10.2 Å². The second-order valence-electron chi connectivity index (χ2n) is 7.23. The summed E-state index contributed by atoms with van der Waals surface area (Å²) in [5.74, 6) is 0.242. The molecule has 1 N–H and O–H groups in total. The number of carbonyl (C=O) groups excluding carboxylic acids is 1. The Bertz CT molecular complexity index is 563. The van der Waals surface area contributed by atoms with E-state index in [-0.39, 0.29) is 11.3 Å². The number of ether oxygens (including phenoxy) is 1. The third kappa shape index (κ3) is 3.73. The summed E-state index contributed by atoms with van der Waals surface area (Å²) in [5, 5.41) is 3.37. The zero-order chi connectivity index (χ0) is 17.0. The van der Waals surface area contributed by atoms with E-state index in [2.05, 4.69) is 41.4 Å². The summed E-state index contributed by atoms with van der Waals surface area (Å²) in [6, 6.07) is 8.42. The minimum atomic E-state index is -0.277. The Hall–Kier alpha value is -1.59. The molecule has 5 nitrogen and oxygen atoms in total. The summed E-state index contributed by atoms with van der Waals surface area (Å²) in [6.07, 6.45) is 2.04. The van der Waals surface area contributed by atoms with E-state index in [9.17, 15) is 4.79 Å². The van der Waals surface area contributed by atoms with Crippen LogP contribution in [-0.2, 0) is 16.1 Å². The molecule has 0 aliphatic carbocycles. The summed E-state index contributed by atoms with van der Waals surface area (Å²) in [5.41, 5.74) is 2.16. The van der Waals surface area contributed by atoms with Gasteiger partial charge in [0.25, 0.3) is 0 Å². The fourth-order valence-corrected chi connectivity index (χ4v) is 3.78. The summed E-state index contributed by atoms with van der Waals surface area (Å²) in [6.45, 7) is 7.91. The van der Waals surface area contributed by atoms with Gasteiger partial charge in [0.1, 0.15) is 0 Å². The highest BCUT2D eigenvalue weighted by molar-refractivity contribution is 5.82. The predicted octanol–water partition coefficient (Wildman–Crippen LogP) is 1.87. The standard InChI is InChI=1S/C19H29N3O2/c1-19(8-5-9-20-15-19)18(23)21(2)14-16-6-3-4-7-17(16)22-10-12-24-13-11-22/h3-4,6-7,20H,5,8-15H2,1-2H3/t19-/m0/s1. The van der Waals surface area contributed by atoms with Gasteiger partial charge in [-0.25, -0.2) is 0 Å². The normalized spacial score (nSPS) is 24.7. The summed E-state index contributed by atoms with van der Waals surface area (Å²) in [4.78, 5) is 17.2. The topological polar surface area (TPSA) is 44.8 Å². The highest BCUT2D eigenvalue weighted by atomic mass is 16.5. The van der Waals surface area contributed by atoms with Crippen LogP contribution in [0.2, 0.25) is 0 Å². The quantitative estimate of drug-likeness (QED) is 0.915. The Morgan fingerprint density at radius 2 is 2.08 bits per heavy atom. The number of nitrogens with zero attached hydrogens (tertiary/aromatic N) is 2. The summed E-state index contributed by atoms with van der Waals surface area (Å²) >= 11 is 0. The van der Waals surface area contributed by atoms with E-state index in [1.54, 1.807) is 0 Å². The van der Waals surface area contributed by atoms with Gasteiger partial charge in [-0.05, 0) is 37.9 Å². The first-order chi connectivity index (χ1) is 11.6. The molecule has 0 bridgehead atoms. The maximum atomic E-state index is 13.0. The van der Waals surface area contributed by atoms with Crippen molar-refractivity contribution >= 4 is 11.6 Å². The monoisotopic (exact) mass is 331 g/mol. The minimum absolute atomic E-state index is 0.242. The second-order valence-corrected chi connectivity index (χ2v) is 7.23. The Kier molecular flexibility index (Phi) is 5.41. The number of nitrogens with one attached hydrogen (secondary N) is 1. The maximum Gasteiger partial charge on any atom is 0.229 e. The molecule has 0 spiro atoms. The van der Waals surface area contributed by atoms with Crippen LogP contribution in [0.3, 0.4) is 0 Å². The van der Waals surface area contributed by atoms with Crippen molar-refractivity contribution in [1.29, 1.82) is 0 Å². The SMILES string of the molecule is CN(Cc1ccccc1N1CCOCC1)C(=O)[C@@]1(C)CCCNC1. The Balaban J connectivity index is 1.72. The number of amides is 1. The number of hydrogen-bond donors (Lipinski definition) is 1. The van der Waals surface area contributed by atoms with Crippen LogP contribution in [0, 0.1) is 5.41 Å². The van der Waals surface area contributed by atoms with E-state index in [1.807, 2.05) is 11.9 Å². The van der Waals surface area contributed by atoms with Gasteiger partial charge in [-0.15, -0.1) is 0 Å². The first-order valence-electron chi connectivity index (χ1n) is 8.97. The van der Waals surface area contributed by atoms with Gasteiger partial charge in [0.2, 0.25) is 5.91 Å². The molecule has 0 unspecified atom stereocenters.